The van der Waals surface area contributed by atoms with Crippen LogP contribution in [0.2, 0.25) is 0 Å². The third-order valence-electron chi connectivity index (χ3n) is 4.09. The van der Waals surface area contributed by atoms with Gasteiger partial charge < -0.3 is 10.1 Å². The summed E-state index contributed by atoms with van der Waals surface area (Å²) in [6, 6.07) is 2.40. The van der Waals surface area contributed by atoms with E-state index in [-0.39, 0.29) is 0 Å². The molecule has 1 N–H and O–H groups in total. The van der Waals surface area contributed by atoms with Crippen LogP contribution < -0.4 is 5.32 Å². The van der Waals surface area contributed by atoms with E-state index in [1.807, 2.05) is 18.4 Å². The SMILES string of the molecule is COCC1CCN(Cc2cc(CNCC(C)C)sc2C)C1. The minimum absolute atomic E-state index is 0.716. The second-order valence-electron chi connectivity index (χ2n) is 6.66. The summed E-state index contributed by atoms with van der Waals surface area (Å²) in [5.41, 5.74) is 1.51. The standard InChI is InChI=1S/C17H30N2OS/c1-13(2)8-18-9-17-7-16(14(3)21-17)11-19-6-5-15(10-19)12-20-4/h7,13,15,18H,5-6,8-12H2,1-4H3. The lowest BCUT2D eigenvalue weighted by Gasteiger charge is -2.15. The van der Waals surface area contributed by atoms with E-state index >= 15 is 0 Å². The molecule has 0 aromatic carbocycles. The molecule has 0 spiro atoms. The maximum atomic E-state index is 5.28. The largest absolute Gasteiger partial charge is 0.384 e. The summed E-state index contributed by atoms with van der Waals surface area (Å²) in [5.74, 6) is 1.44. The predicted octanol–water partition coefficient (Wildman–Crippen LogP) is 3.27. The van der Waals surface area contributed by atoms with Crippen LogP contribution in [-0.2, 0) is 17.8 Å². The van der Waals surface area contributed by atoms with Gasteiger partial charge in [-0.3, -0.25) is 4.90 Å². The molecular weight excluding hydrogens is 280 g/mol. The van der Waals surface area contributed by atoms with Gasteiger partial charge in [0.1, 0.15) is 0 Å². The molecule has 1 unspecified atom stereocenters. The molecule has 0 aliphatic carbocycles. The van der Waals surface area contributed by atoms with Crippen LogP contribution in [0.4, 0.5) is 0 Å². The summed E-state index contributed by atoms with van der Waals surface area (Å²) in [6.45, 7) is 13.3. The molecule has 3 nitrogen and oxygen atoms in total. The number of methoxy groups -OCH3 is 1. The Morgan fingerprint density at radius 3 is 3.00 bits per heavy atom. The fraction of sp³-hybridized carbons (Fsp3) is 0.765. The summed E-state index contributed by atoms with van der Waals surface area (Å²) in [4.78, 5) is 5.52. The number of nitrogens with zero attached hydrogens (tertiary/aromatic N) is 1. The average Bonchev–Trinajstić information content (AvgIpc) is 2.98. The zero-order valence-electron chi connectivity index (χ0n) is 13.9. The van der Waals surface area contributed by atoms with Gasteiger partial charge in [0.25, 0.3) is 0 Å². The van der Waals surface area contributed by atoms with Gasteiger partial charge in [-0.2, -0.15) is 0 Å². The van der Waals surface area contributed by atoms with E-state index in [0.29, 0.717) is 5.92 Å². The topological polar surface area (TPSA) is 24.5 Å². The maximum Gasteiger partial charge on any atom is 0.0503 e. The molecular formula is C17H30N2OS. The zero-order chi connectivity index (χ0) is 15.2. The zero-order valence-corrected chi connectivity index (χ0v) is 14.8. The van der Waals surface area contributed by atoms with Crippen molar-refractivity contribution in [3.8, 4) is 0 Å². The Bertz CT molecular complexity index is 430. The van der Waals surface area contributed by atoms with E-state index in [1.165, 1.54) is 34.8 Å². The lowest BCUT2D eigenvalue weighted by Crippen LogP contribution is -2.21. The predicted molar refractivity (Wildman–Crippen MR) is 90.9 cm³/mol. The summed E-state index contributed by atoms with van der Waals surface area (Å²) < 4.78 is 5.28. The Morgan fingerprint density at radius 2 is 2.29 bits per heavy atom. The second kappa shape index (κ2) is 8.28. The number of ether oxygens (including phenoxy) is 1. The minimum atomic E-state index is 0.716. The van der Waals surface area contributed by atoms with E-state index in [4.69, 9.17) is 4.74 Å². The Labute approximate surface area is 133 Å². The smallest absolute Gasteiger partial charge is 0.0503 e. The van der Waals surface area contributed by atoms with E-state index in [9.17, 15) is 0 Å². The number of hydrogen-bond donors (Lipinski definition) is 1. The van der Waals surface area contributed by atoms with E-state index in [1.54, 1.807) is 0 Å². The lowest BCUT2D eigenvalue weighted by atomic mass is 10.1. The highest BCUT2D eigenvalue weighted by molar-refractivity contribution is 7.12. The molecule has 0 amide bonds. The van der Waals surface area contributed by atoms with Crippen LogP contribution in [0.15, 0.2) is 6.07 Å². The van der Waals surface area contributed by atoms with Crippen LogP contribution in [0.25, 0.3) is 0 Å². The van der Waals surface area contributed by atoms with Crippen molar-refractivity contribution in [1.82, 2.24) is 10.2 Å². The first-order valence-electron chi connectivity index (χ1n) is 8.08. The number of hydrogen-bond acceptors (Lipinski definition) is 4. The molecule has 1 fully saturated rings. The van der Waals surface area contributed by atoms with Crippen molar-refractivity contribution in [3.63, 3.8) is 0 Å². The van der Waals surface area contributed by atoms with Gasteiger partial charge >= 0.3 is 0 Å². The molecule has 0 radical (unpaired) electrons. The molecule has 0 bridgehead atoms. The van der Waals surface area contributed by atoms with Crippen molar-refractivity contribution in [3.05, 3.63) is 21.4 Å². The van der Waals surface area contributed by atoms with E-state index < -0.39 is 0 Å². The number of thiophene rings is 1. The molecule has 1 saturated heterocycles. The van der Waals surface area contributed by atoms with Crippen LogP contribution in [0, 0.1) is 18.8 Å². The molecule has 2 rings (SSSR count). The molecule has 4 heteroatoms. The van der Waals surface area contributed by atoms with E-state index in [2.05, 4.69) is 37.1 Å². The van der Waals surface area contributed by atoms with Crippen molar-refractivity contribution in [2.45, 2.75) is 40.3 Å². The first-order valence-corrected chi connectivity index (χ1v) is 8.90. The van der Waals surface area contributed by atoms with Gasteiger partial charge in [0.05, 0.1) is 6.61 Å². The minimum Gasteiger partial charge on any atom is -0.384 e. The normalized spacial score (nSPS) is 19.8. The maximum absolute atomic E-state index is 5.28. The van der Waals surface area contributed by atoms with Gasteiger partial charge in [-0.25, -0.2) is 0 Å². The Morgan fingerprint density at radius 1 is 1.48 bits per heavy atom. The van der Waals surface area contributed by atoms with Crippen molar-refractivity contribution in [2.75, 3.05) is 33.4 Å². The van der Waals surface area contributed by atoms with Gasteiger partial charge in [0, 0.05) is 36.5 Å². The third-order valence-corrected chi connectivity index (χ3v) is 5.18. The molecule has 1 atom stereocenters. The van der Waals surface area contributed by atoms with Crippen LogP contribution in [0.3, 0.4) is 0 Å². The Kier molecular flexibility index (Phi) is 6.68. The molecule has 1 aromatic rings. The summed E-state index contributed by atoms with van der Waals surface area (Å²) in [7, 11) is 1.81. The van der Waals surface area contributed by atoms with Gasteiger partial charge in [0.15, 0.2) is 0 Å². The van der Waals surface area contributed by atoms with Crippen molar-refractivity contribution >= 4 is 11.3 Å². The molecule has 1 aliphatic rings. The number of nitrogens with one attached hydrogen (secondary N) is 1. The number of aryl methyl sites for hydroxylation is 1. The van der Waals surface area contributed by atoms with Crippen molar-refractivity contribution in [2.24, 2.45) is 11.8 Å². The third kappa shape index (κ3) is 5.37. The van der Waals surface area contributed by atoms with Crippen LogP contribution in [0.1, 0.15) is 35.6 Å². The highest BCUT2D eigenvalue weighted by atomic mass is 32.1. The highest BCUT2D eigenvalue weighted by Crippen LogP contribution is 2.25. The quantitative estimate of drug-likeness (QED) is 0.797. The Hall–Kier alpha value is -0.420. The van der Waals surface area contributed by atoms with Gasteiger partial charge in [-0.1, -0.05) is 13.8 Å². The average molecular weight is 311 g/mol. The van der Waals surface area contributed by atoms with E-state index in [0.717, 1.165) is 32.2 Å². The molecule has 1 aromatic heterocycles. The molecule has 21 heavy (non-hydrogen) atoms. The molecule has 1 aliphatic heterocycles. The van der Waals surface area contributed by atoms with Crippen molar-refractivity contribution in [1.29, 1.82) is 0 Å². The first-order chi connectivity index (χ1) is 10.1. The van der Waals surface area contributed by atoms with Crippen LogP contribution in [0.5, 0.6) is 0 Å². The van der Waals surface area contributed by atoms with Gasteiger partial charge in [-0.05, 0) is 49.9 Å². The fourth-order valence-electron chi connectivity index (χ4n) is 2.98. The molecule has 2 heterocycles. The Balaban J connectivity index is 1.82. The summed E-state index contributed by atoms with van der Waals surface area (Å²) >= 11 is 1.95. The number of likely N-dealkylation sites (tertiary alicyclic amines) is 1. The highest BCUT2D eigenvalue weighted by Gasteiger charge is 2.23. The van der Waals surface area contributed by atoms with Crippen molar-refractivity contribution < 1.29 is 4.74 Å². The summed E-state index contributed by atoms with van der Waals surface area (Å²) in [6.07, 6.45) is 1.28. The van der Waals surface area contributed by atoms with Crippen LogP contribution >= 0.6 is 11.3 Å². The second-order valence-corrected chi connectivity index (χ2v) is 8.00. The molecule has 120 valence electrons. The van der Waals surface area contributed by atoms with Crippen LogP contribution in [-0.4, -0.2) is 38.3 Å². The lowest BCUT2D eigenvalue weighted by molar-refractivity contribution is 0.152. The first kappa shape index (κ1) is 16.9. The fourth-order valence-corrected chi connectivity index (χ4v) is 4.01. The monoisotopic (exact) mass is 310 g/mol. The van der Waals surface area contributed by atoms with Gasteiger partial charge in [0.2, 0.25) is 0 Å². The van der Waals surface area contributed by atoms with Gasteiger partial charge in [-0.15, -0.1) is 11.3 Å². The summed E-state index contributed by atoms with van der Waals surface area (Å²) in [5, 5.41) is 3.54. The number of rotatable bonds is 8. The molecule has 0 saturated carbocycles.